The molecule has 0 spiro atoms. The van der Waals surface area contributed by atoms with E-state index in [1.807, 2.05) is 26.2 Å². The number of anilines is 2. The van der Waals surface area contributed by atoms with Gasteiger partial charge in [-0.25, -0.2) is 15.0 Å². The van der Waals surface area contributed by atoms with E-state index in [-0.39, 0.29) is 0 Å². The molecule has 24 heavy (non-hydrogen) atoms. The van der Waals surface area contributed by atoms with Gasteiger partial charge < -0.3 is 14.6 Å². The summed E-state index contributed by atoms with van der Waals surface area (Å²) >= 11 is 0. The van der Waals surface area contributed by atoms with Crippen LogP contribution < -0.4 is 10.2 Å². The Morgan fingerprint density at radius 1 is 1.25 bits per heavy atom. The van der Waals surface area contributed by atoms with E-state index in [4.69, 9.17) is 4.98 Å². The molecule has 0 amide bonds. The minimum Gasteiger partial charge on any atom is -0.371 e. The van der Waals surface area contributed by atoms with Crippen LogP contribution in [0.2, 0.25) is 0 Å². The van der Waals surface area contributed by atoms with Crippen LogP contribution in [0.15, 0.2) is 36.8 Å². The first-order chi connectivity index (χ1) is 11.7. The molecule has 0 unspecified atom stereocenters. The van der Waals surface area contributed by atoms with Gasteiger partial charge in [0.05, 0.1) is 11.2 Å². The molecule has 0 saturated carbocycles. The van der Waals surface area contributed by atoms with Gasteiger partial charge in [-0.05, 0) is 38.0 Å². The molecule has 4 heterocycles. The highest BCUT2D eigenvalue weighted by Crippen LogP contribution is 2.29. The molecule has 3 aromatic rings. The molecule has 1 N–H and O–H groups in total. The Balaban J connectivity index is 1.64. The second-order valence-corrected chi connectivity index (χ2v) is 6.31. The quantitative estimate of drug-likeness (QED) is 0.803. The summed E-state index contributed by atoms with van der Waals surface area (Å²) in [6.45, 7) is 3.92. The first-order valence-electron chi connectivity index (χ1n) is 8.44. The Bertz CT molecular complexity index is 856. The van der Waals surface area contributed by atoms with E-state index in [0.29, 0.717) is 5.92 Å². The molecule has 0 radical (unpaired) electrons. The average Bonchev–Trinajstić information content (AvgIpc) is 3.09. The van der Waals surface area contributed by atoms with E-state index in [2.05, 4.69) is 49.1 Å². The molecule has 1 aliphatic heterocycles. The Labute approximate surface area is 141 Å². The zero-order valence-electron chi connectivity index (χ0n) is 14.1. The number of piperidine rings is 1. The van der Waals surface area contributed by atoms with Gasteiger partial charge in [0.2, 0.25) is 0 Å². The van der Waals surface area contributed by atoms with Crippen LogP contribution in [0, 0.1) is 6.92 Å². The summed E-state index contributed by atoms with van der Waals surface area (Å²) < 4.78 is 2.15. The number of aromatic nitrogens is 4. The van der Waals surface area contributed by atoms with E-state index >= 15 is 0 Å². The zero-order valence-corrected chi connectivity index (χ0v) is 14.1. The molecule has 0 bridgehead atoms. The van der Waals surface area contributed by atoms with Crippen molar-refractivity contribution in [2.45, 2.75) is 25.7 Å². The van der Waals surface area contributed by atoms with Crippen LogP contribution in [0.1, 0.15) is 30.3 Å². The Kier molecular flexibility index (Phi) is 3.80. The molecule has 0 aromatic carbocycles. The highest BCUT2D eigenvalue weighted by atomic mass is 15.2. The molecule has 4 rings (SSSR count). The van der Waals surface area contributed by atoms with Gasteiger partial charge in [0, 0.05) is 44.6 Å². The second kappa shape index (κ2) is 6.11. The summed E-state index contributed by atoms with van der Waals surface area (Å²) in [7, 11) is 1.93. The minimum absolute atomic E-state index is 0.410. The smallest absolute Gasteiger partial charge is 0.150 e. The molecule has 1 atom stereocenters. The maximum absolute atomic E-state index is 4.87. The van der Waals surface area contributed by atoms with Crippen molar-refractivity contribution in [3.8, 4) is 0 Å². The fraction of sp³-hybridized carbons (Fsp3) is 0.389. The van der Waals surface area contributed by atoms with Crippen LogP contribution in [0.3, 0.4) is 0 Å². The summed E-state index contributed by atoms with van der Waals surface area (Å²) in [6.07, 6.45) is 8.38. The molecule has 1 aliphatic rings. The number of nitrogens with one attached hydrogen (secondary N) is 1. The summed E-state index contributed by atoms with van der Waals surface area (Å²) in [5.74, 6) is 3.18. The summed E-state index contributed by atoms with van der Waals surface area (Å²) in [6, 6.07) is 6.13. The summed E-state index contributed by atoms with van der Waals surface area (Å²) in [5.41, 5.74) is 2.25. The molecule has 1 fully saturated rings. The van der Waals surface area contributed by atoms with Crippen molar-refractivity contribution >= 4 is 17.2 Å². The maximum Gasteiger partial charge on any atom is 0.150 e. The zero-order chi connectivity index (χ0) is 16.5. The van der Waals surface area contributed by atoms with Gasteiger partial charge in [0.15, 0.2) is 0 Å². The Morgan fingerprint density at radius 2 is 2.17 bits per heavy atom. The third kappa shape index (κ3) is 2.68. The number of aryl methyl sites for hydroxylation is 1. The highest BCUT2D eigenvalue weighted by molar-refractivity contribution is 5.68. The normalized spacial score (nSPS) is 18.1. The lowest BCUT2D eigenvalue weighted by molar-refractivity contribution is 0.497. The van der Waals surface area contributed by atoms with E-state index in [0.717, 1.165) is 54.6 Å². The standard InChI is InChI=1S/C18H22N6/c1-13-20-8-7-17(21-13)24-10-3-5-14(11-24)15-12-23-9-4-6-16(23)18(19-2)22-15/h4,6-9,12,14H,3,5,10-11H2,1-2H3,(H,19,22)/t14-/m1/s1. The molecule has 124 valence electrons. The molecule has 6 heteroatoms. The molecule has 3 aromatic heterocycles. The van der Waals surface area contributed by atoms with Gasteiger partial charge in [-0.3, -0.25) is 0 Å². The third-order valence-electron chi connectivity index (χ3n) is 4.70. The van der Waals surface area contributed by atoms with Crippen molar-refractivity contribution in [2.24, 2.45) is 0 Å². The molecular formula is C18H22N6. The van der Waals surface area contributed by atoms with Gasteiger partial charge in [-0.1, -0.05) is 0 Å². The van der Waals surface area contributed by atoms with Crippen LogP contribution in [0.5, 0.6) is 0 Å². The van der Waals surface area contributed by atoms with Gasteiger partial charge >= 0.3 is 0 Å². The summed E-state index contributed by atoms with van der Waals surface area (Å²) in [4.78, 5) is 16.0. The van der Waals surface area contributed by atoms with Crippen molar-refractivity contribution in [2.75, 3.05) is 30.4 Å². The topological polar surface area (TPSA) is 58.4 Å². The van der Waals surface area contributed by atoms with E-state index < -0.39 is 0 Å². The van der Waals surface area contributed by atoms with Gasteiger partial charge in [-0.15, -0.1) is 0 Å². The monoisotopic (exact) mass is 322 g/mol. The lowest BCUT2D eigenvalue weighted by atomic mass is 9.95. The lowest BCUT2D eigenvalue weighted by Crippen LogP contribution is -2.35. The Hall–Kier alpha value is -2.63. The van der Waals surface area contributed by atoms with Gasteiger partial charge in [-0.2, -0.15) is 0 Å². The van der Waals surface area contributed by atoms with E-state index in [1.165, 1.54) is 0 Å². The first-order valence-corrected chi connectivity index (χ1v) is 8.44. The molecule has 6 nitrogen and oxygen atoms in total. The predicted molar refractivity (Wildman–Crippen MR) is 95.7 cm³/mol. The first kappa shape index (κ1) is 14.9. The van der Waals surface area contributed by atoms with Gasteiger partial charge in [0.1, 0.15) is 17.5 Å². The summed E-state index contributed by atoms with van der Waals surface area (Å²) in [5, 5.41) is 3.22. The molecule has 0 aliphatic carbocycles. The number of fused-ring (bicyclic) bond motifs is 1. The Morgan fingerprint density at radius 3 is 3.00 bits per heavy atom. The maximum atomic E-state index is 4.87. The van der Waals surface area contributed by atoms with Crippen molar-refractivity contribution in [1.29, 1.82) is 0 Å². The number of hydrogen-bond acceptors (Lipinski definition) is 5. The fourth-order valence-corrected chi connectivity index (χ4v) is 3.49. The second-order valence-electron chi connectivity index (χ2n) is 6.31. The third-order valence-corrected chi connectivity index (χ3v) is 4.70. The largest absolute Gasteiger partial charge is 0.371 e. The van der Waals surface area contributed by atoms with Crippen LogP contribution in [-0.4, -0.2) is 39.5 Å². The van der Waals surface area contributed by atoms with Crippen LogP contribution in [0.25, 0.3) is 5.52 Å². The number of hydrogen-bond donors (Lipinski definition) is 1. The van der Waals surface area contributed by atoms with Crippen LogP contribution in [0.4, 0.5) is 11.6 Å². The SMILES string of the molecule is CNc1nc([C@@H]2CCCN(c3ccnc(C)n3)C2)cn2cccc12. The van der Waals surface area contributed by atoms with Crippen molar-refractivity contribution < 1.29 is 0 Å². The average molecular weight is 322 g/mol. The van der Waals surface area contributed by atoms with E-state index in [9.17, 15) is 0 Å². The van der Waals surface area contributed by atoms with Gasteiger partial charge in [0.25, 0.3) is 0 Å². The highest BCUT2D eigenvalue weighted by Gasteiger charge is 2.24. The lowest BCUT2D eigenvalue weighted by Gasteiger charge is -2.33. The van der Waals surface area contributed by atoms with Crippen LogP contribution in [-0.2, 0) is 0 Å². The minimum atomic E-state index is 0.410. The predicted octanol–water partition coefficient (Wildman–Crippen LogP) is 2.86. The number of nitrogens with zero attached hydrogens (tertiary/aromatic N) is 5. The fourth-order valence-electron chi connectivity index (χ4n) is 3.49. The molecular weight excluding hydrogens is 300 g/mol. The van der Waals surface area contributed by atoms with E-state index in [1.54, 1.807) is 0 Å². The number of rotatable bonds is 3. The van der Waals surface area contributed by atoms with Crippen molar-refractivity contribution in [3.63, 3.8) is 0 Å². The van der Waals surface area contributed by atoms with Crippen LogP contribution >= 0.6 is 0 Å². The molecule has 1 saturated heterocycles. The van der Waals surface area contributed by atoms with Crippen molar-refractivity contribution in [3.05, 3.63) is 48.3 Å². The van der Waals surface area contributed by atoms with Crippen molar-refractivity contribution in [1.82, 2.24) is 19.4 Å².